The lowest BCUT2D eigenvalue weighted by molar-refractivity contribution is 0.480. The van der Waals surface area contributed by atoms with Gasteiger partial charge in [0.05, 0.1) is 6.20 Å². The van der Waals surface area contributed by atoms with Gasteiger partial charge in [-0.15, -0.1) is 11.6 Å². The highest BCUT2D eigenvalue weighted by Crippen LogP contribution is 2.12. The van der Waals surface area contributed by atoms with Gasteiger partial charge < -0.3 is 0 Å². The molecule has 1 atom stereocenters. The maximum atomic E-state index is 12.9. The molecule has 1 rings (SSSR count). The van der Waals surface area contributed by atoms with Gasteiger partial charge in [-0.2, -0.15) is 0 Å². The first-order chi connectivity index (χ1) is 8.49. The number of pyridine rings is 1. The molecule has 0 aliphatic carbocycles. The highest BCUT2D eigenvalue weighted by Gasteiger charge is 2.17. The average molecular weight is 295 g/mol. The predicted octanol–water partition coefficient (Wildman–Crippen LogP) is 2.15. The number of aromatic nitrogens is 1. The van der Waals surface area contributed by atoms with Gasteiger partial charge >= 0.3 is 0 Å². The number of hydrogen-bond acceptors (Lipinski definition) is 3. The van der Waals surface area contributed by atoms with E-state index < -0.39 is 15.8 Å². The second-order valence-electron chi connectivity index (χ2n) is 3.94. The summed E-state index contributed by atoms with van der Waals surface area (Å²) in [4.78, 5) is 3.36. The lowest BCUT2D eigenvalue weighted by Gasteiger charge is -2.14. The van der Waals surface area contributed by atoms with Crippen molar-refractivity contribution in [2.75, 3.05) is 12.4 Å². The van der Waals surface area contributed by atoms with E-state index in [4.69, 9.17) is 11.6 Å². The zero-order valence-electron chi connectivity index (χ0n) is 10.1. The van der Waals surface area contributed by atoms with E-state index in [9.17, 15) is 12.8 Å². The van der Waals surface area contributed by atoms with Crippen LogP contribution in [0.1, 0.15) is 19.8 Å². The molecule has 0 fully saturated rings. The molecule has 1 unspecified atom stereocenters. The third kappa shape index (κ3) is 4.51. The lowest BCUT2D eigenvalue weighted by atomic mass is 10.0. The van der Waals surface area contributed by atoms with Crippen LogP contribution in [0.2, 0.25) is 0 Å². The summed E-state index contributed by atoms with van der Waals surface area (Å²) < 4.78 is 39.1. The first kappa shape index (κ1) is 15.3. The Morgan fingerprint density at radius 2 is 2.22 bits per heavy atom. The summed E-state index contributed by atoms with van der Waals surface area (Å²) in [6, 6.07) is 0.942. The van der Waals surface area contributed by atoms with Crippen LogP contribution in [0, 0.1) is 11.7 Å². The summed E-state index contributed by atoms with van der Waals surface area (Å²) in [6.45, 7) is 2.26. The van der Waals surface area contributed by atoms with Gasteiger partial charge in [-0.3, -0.25) is 4.98 Å². The first-order valence-electron chi connectivity index (χ1n) is 5.65. The van der Waals surface area contributed by atoms with E-state index in [1.165, 1.54) is 0 Å². The van der Waals surface area contributed by atoms with E-state index in [0.717, 1.165) is 31.3 Å². The minimum atomic E-state index is -3.70. The van der Waals surface area contributed by atoms with Gasteiger partial charge in [-0.25, -0.2) is 17.5 Å². The highest BCUT2D eigenvalue weighted by atomic mass is 35.5. The molecule has 1 aromatic rings. The number of sulfonamides is 1. The van der Waals surface area contributed by atoms with Crippen molar-refractivity contribution in [3.63, 3.8) is 0 Å². The molecule has 0 aliphatic heterocycles. The fourth-order valence-electron chi connectivity index (χ4n) is 1.46. The zero-order chi connectivity index (χ0) is 13.6. The van der Waals surface area contributed by atoms with Gasteiger partial charge in [0.1, 0.15) is 10.7 Å². The number of nitrogens with zero attached hydrogens (tertiary/aromatic N) is 1. The summed E-state index contributed by atoms with van der Waals surface area (Å²) in [5, 5.41) is 0. The van der Waals surface area contributed by atoms with E-state index in [1.54, 1.807) is 0 Å². The molecule has 0 amide bonds. The number of halogens is 2. The quantitative estimate of drug-likeness (QED) is 0.784. The minimum absolute atomic E-state index is 0.164. The second-order valence-corrected chi connectivity index (χ2v) is 6.09. The standard InChI is InChI=1S/C11H16ClFN2O2S/c1-2-9(3-4-12)6-15-18(16,17)11-5-10(13)7-14-8-11/h5,7-9,15H,2-4,6H2,1H3. The largest absolute Gasteiger partial charge is 0.260 e. The van der Waals surface area contributed by atoms with Crippen LogP contribution < -0.4 is 4.72 Å². The van der Waals surface area contributed by atoms with Gasteiger partial charge in [0, 0.05) is 18.6 Å². The van der Waals surface area contributed by atoms with E-state index in [-0.39, 0.29) is 10.8 Å². The van der Waals surface area contributed by atoms with E-state index in [2.05, 4.69) is 9.71 Å². The molecule has 4 nitrogen and oxygen atoms in total. The minimum Gasteiger partial charge on any atom is -0.260 e. The third-order valence-corrected chi connectivity index (χ3v) is 4.26. The van der Waals surface area contributed by atoms with Crippen LogP contribution in [0.3, 0.4) is 0 Å². The summed E-state index contributed by atoms with van der Waals surface area (Å²) in [5.74, 6) is -0.00801. The molecule has 0 saturated heterocycles. The summed E-state index contributed by atoms with van der Waals surface area (Å²) >= 11 is 5.63. The fraction of sp³-hybridized carbons (Fsp3) is 0.545. The highest BCUT2D eigenvalue weighted by molar-refractivity contribution is 7.89. The van der Waals surface area contributed by atoms with Crippen LogP contribution in [0.4, 0.5) is 4.39 Å². The van der Waals surface area contributed by atoms with Crippen LogP contribution in [-0.2, 0) is 10.0 Å². The Morgan fingerprint density at radius 1 is 1.50 bits per heavy atom. The number of hydrogen-bond donors (Lipinski definition) is 1. The van der Waals surface area contributed by atoms with Crippen molar-refractivity contribution in [1.82, 2.24) is 9.71 Å². The summed E-state index contributed by atoms with van der Waals surface area (Å²) in [6.07, 6.45) is 3.65. The number of rotatable bonds is 7. The van der Waals surface area contributed by atoms with Crippen LogP contribution in [0.15, 0.2) is 23.4 Å². The molecule has 0 aromatic carbocycles. The Kier molecular flexibility index (Phi) is 5.98. The molecule has 0 saturated carbocycles. The van der Waals surface area contributed by atoms with Gasteiger partial charge in [0.15, 0.2) is 0 Å². The van der Waals surface area contributed by atoms with Crippen molar-refractivity contribution >= 4 is 21.6 Å². The molecule has 102 valence electrons. The van der Waals surface area contributed by atoms with Crippen molar-refractivity contribution in [2.24, 2.45) is 5.92 Å². The maximum absolute atomic E-state index is 12.9. The third-order valence-electron chi connectivity index (χ3n) is 2.65. The molecule has 0 aliphatic rings. The molecule has 18 heavy (non-hydrogen) atoms. The molecule has 0 bridgehead atoms. The Bertz CT molecular complexity index is 482. The Balaban J connectivity index is 2.70. The maximum Gasteiger partial charge on any atom is 0.242 e. The normalized spacial score (nSPS) is 13.5. The molecular formula is C11H16ClFN2O2S. The molecule has 0 radical (unpaired) electrons. The summed E-state index contributed by atoms with van der Waals surface area (Å²) in [5.41, 5.74) is 0. The van der Waals surface area contributed by atoms with Crippen LogP contribution >= 0.6 is 11.6 Å². The predicted molar refractivity (Wildman–Crippen MR) is 68.5 cm³/mol. The second kappa shape index (κ2) is 7.01. The summed E-state index contributed by atoms with van der Waals surface area (Å²) in [7, 11) is -3.70. The molecule has 1 heterocycles. The number of alkyl halides is 1. The van der Waals surface area contributed by atoms with Crippen LogP contribution in [-0.4, -0.2) is 25.8 Å². The Hall–Kier alpha value is -0.720. The molecule has 7 heteroatoms. The van der Waals surface area contributed by atoms with Gasteiger partial charge in [-0.1, -0.05) is 13.3 Å². The van der Waals surface area contributed by atoms with Crippen molar-refractivity contribution in [3.8, 4) is 0 Å². The lowest BCUT2D eigenvalue weighted by Crippen LogP contribution is -2.29. The van der Waals surface area contributed by atoms with E-state index in [0.29, 0.717) is 12.4 Å². The van der Waals surface area contributed by atoms with Gasteiger partial charge in [0.2, 0.25) is 10.0 Å². The number of nitrogens with one attached hydrogen (secondary N) is 1. The fourth-order valence-corrected chi connectivity index (χ4v) is 2.85. The monoisotopic (exact) mass is 294 g/mol. The van der Waals surface area contributed by atoms with Crippen molar-refractivity contribution in [3.05, 3.63) is 24.3 Å². The molecule has 1 aromatic heterocycles. The van der Waals surface area contributed by atoms with Crippen LogP contribution in [0.5, 0.6) is 0 Å². The van der Waals surface area contributed by atoms with Crippen LogP contribution in [0.25, 0.3) is 0 Å². The average Bonchev–Trinajstić information content (AvgIpc) is 2.34. The zero-order valence-corrected chi connectivity index (χ0v) is 11.6. The first-order valence-corrected chi connectivity index (χ1v) is 7.67. The van der Waals surface area contributed by atoms with Crippen molar-refractivity contribution < 1.29 is 12.8 Å². The van der Waals surface area contributed by atoms with Crippen molar-refractivity contribution in [2.45, 2.75) is 24.7 Å². The van der Waals surface area contributed by atoms with E-state index >= 15 is 0 Å². The van der Waals surface area contributed by atoms with Gasteiger partial charge in [-0.05, 0) is 18.4 Å². The van der Waals surface area contributed by atoms with Crippen molar-refractivity contribution in [1.29, 1.82) is 0 Å². The van der Waals surface area contributed by atoms with Gasteiger partial charge in [0.25, 0.3) is 0 Å². The topological polar surface area (TPSA) is 59.1 Å². The SMILES string of the molecule is CCC(CCCl)CNS(=O)(=O)c1cncc(F)c1. The Morgan fingerprint density at radius 3 is 2.78 bits per heavy atom. The van der Waals surface area contributed by atoms with E-state index in [1.807, 2.05) is 6.92 Å². The molecule has 0 spiro atoms. The Labute approximate surface area is 112 Å². The molecular weight excluding hydrogens is 279 g/mol. The molecule has 1 N–H and O–H groups in total. The smallest absolute Gasteiger partial charge is 0.242 e.